The van der Waals surface area contributed by atoms with Gasteiger partial charge < -0.3 is 19.5 Å². The Morgan fingerprint density at radius 1 is 1.30 bits per heavy atom. The summed E-state index contributed by atoms with van der Waals surface area (Å²) in [4.78, 5) is 15.9. The molecule has 0 aliphatic rings. The van der Waals surface area contributed by atoms with Crippen molar-refractivity contribution in [1.29, 1.82) is 0 Å². The number of carbonyl (C=O) groups excluding carboxylic acids is 1. The Bertz CT molecular complexity index is 456. The molecule has 0 aliphatic heterocycles. The third-order valence-electron chi connectivity index (χ3n) is 2.40. The fourth-order valence-corrected chi connectivity index (χ4v) is 1.63. The summed E-state index contributed by atoms with van der Waals surface area (Å²) < 4.78 is 15.7. The molecule has 0 saturated heterocycles. The van der Waals surface area contributed by atoms with Crippen molar-refractivity contribution in [3.8, 4) is 11.6 Å². The van der Waals surface area contributed by atoms with Gasteiger partial charge in [0, 0.05) is 11.8 Å². The summed E-state index contributed by atoms with van der Waals surface area (Å²) in [5.41, 5.74) is 0.912. The molecular weight excluding hydrogens is 260 g/mol. The number of nitrogens with zero attached hydrogens (tertiary/aromatic N) is 1. The SMILES string of the molecule is COc1cc(C)nc(OC)c1CNC(=O)OC(C)(C)C. The fourth-order valence-electron chi connectivity index (χ4n) is 1.63. The van der Waals surface area contributed by atoms with Gasteiger partial charge in [-0.3, -0.25) is 0 Å². The highest BCUT2D eigenvalue weighted by Crippen LogP contribution is 2.27. The van der Waals surface area contributed by atoms with E-state index in [1.807, 2.05) is 6.92 Å². The molecule has 0 aromatic carbocycles. The van der Waals surface area contributed by atoms with E-state index < -0.39 is 11.7 Å². The first-order chi connectivity index (χ1) is 9.26. The minimum Gasteiger partial charge on any atom is -0.496 e. The van der Waals surface area contributed by atoms with E-state index in [1.54, 1.807) is 33.9 Å². The van der Waals surface area contributed by atoms with Gasteiger partial charge in [0.25, 0.3) is 0 Å². The van der Waals surface area contributed by atoms with Crippen molar-refractivity contribution in [3.05, 3.63) is 17.3 Å². The maximum Gasteiger partial charge on any atom is 0.407 e. The number of alkyl carbamates (subject to hydrolysis) is 1. The van der Waals surface area contributed by atoms with Gasteiger partial charge in [-0.05, 0) is 27.7 Å². The Morgan fingerprint density at radius 3 is 2.45 bits per heavy atom. The van der Waals surface area contributed by atoms with E-state index in [2.05, 4.69) is 10.3 Å². The number of amides is 1. The Labute approximate surface area is 119 Å². The van der Waals surface area contributed by atoms with Gasteiger partial charge in [-0.25, -0.2) is 9.78 Å². The number of hydrogen-bond donors (Lipinski definition) is 1. The molecule has 1 heterocycles. The Balaban J connectivity index is 2.84. The van der Waals surface area contributed by atoms with Gasteiger partial charge in [0.1, 0.15) is 11.4 Å². The molecule has 0 spiro atoms. The quantitative estimate of drug-likeness (QED) is 0.918. The molecule has 1 aromatic rings. The molecule has 1 rings (SSSR count). The average Bonchev–Trinajstić information content (AvgIpc) is 2.33. The van der Waals surface area contributed by atoms with Gasteiger partial charge in [-0.2, -0.15) is 0 Å². The zero-order valence-corrected chi connectivity index (χ0v) is 12.9. The predicted molar refractivity (Wildman–Crippen MR) is 75.2 cm³/mol. The van der Waals surface area contributed by atoms with E-state index in [0.29, 0.717) is 17.2 Å². The maximum absolute atomic E-state index is 11.7. The monoisotopic (exact) mass is 282 g/mol. The van der Waals surface area contributed by atoms with Gasteiger partial charge >= 0.3 is 6.09 Å². The highest BCUT2D eigenvalue weighted by atomic mass is 16.6. The number of nitrogens with one attached hydrogen (secondary N) is 1. The van der Waals surface area contributed by atoms with Crippen LogP contribution in [0.1, 0.15) is 32.0 Å². The number of rotatable bonds is 4. The van der Waals surface area contributed by atoms with E-state index in [1.165, 1.54) is 7.11 Å². The largest absolute Gasteiger partial charge is 0.496 e. The van der Waals surface area contributed by atoms with E-state index in [9.17, 15) is 4.79 Å². The summed E-state index contributed by atoms with van der Waals surface area (Å²) in [6.45, 7) is 7.48. The van der Waals surface area contributed by atoms with Crippen LogP contribution in [0.3, 0.4) is 0 Å². The Morgan fingerprint density at radius 2 is 1.95 bits per heavy atom. The molecule has 0 fully saturated rings. The van der Waals surface area contributed by atoms with Crippen molar-refractivity contribution < 1.29 is 19.0 Å². The lowest BCUT2D eigenvalue weighted by atomic mass is 10.2. The molecule has 20 heavy (non-hydrogen) atoms. The minimum atomic E-state index is -0.538. The minimum absolute atomic E-state index is 0.217. The summed E-state index contributed by atoms with van der Waals surface area (Å²) >= 11 is 0. The first kappa shape index (κ1) is 16.1. The van der Waals surface area contributed by atoms with Crippen LogP contribution in [0.2, 0.25) is 0 Å². The maximum atomic E-state index is 11.7. The van der Waals surface area contributed by atoms with Crippen LogP contribution in [0.4, 0.5) is 4.79 Å². The number of aryl methyl sites for hydroxylation is 1. The van der Waals surface area contributed by atoms with Crippen LogP contribution < -0.4 is 14.8 Å². The van der Waals surface area contributed by atoms with Crippen LogP contribution in [-0.2, 0) is 11.3 Å². The molecule has 1 aromatic heterocycles. The van der Waals surface area contributed by atoms with E-state index >= 15 is 0 Å². The van der Waals surface area contributed by atoms with Crippen molar-refractivity contribution in [3.63, 3.8) is 0 Å². The van der Waals surface area contributed by atoms with Gasteiger partial charge in [-0.1, -0.05) is 0 Å². The first-order valence-corrected chi connectivity index (χ1v) is 6.32. The van der Waals surface area contributed by atoms with Crippen LogP contribution in [0.25, 0.3) is 0 Å². The number of pyridine rings is 1. The van der Waals surface area contributed by atoms with Crippen LogP contribution in [0.5, 0.6) is 11.6 Å². The van der Waals surface area contributed by atoms with E-state index in [0.717, 1.165) is 5.69 Å². The summed E-state index contributed by atoms with van der Waals surface area (Å²) in [6.07, 6.45) is -0.498. The zero-order valence-electron chi connectivity index (χ0n) is 12.9. The predicted octanol–water partition coefficient (Wildman–Crippen LogP) is 2.43. The lowest BCUT2D eigenvalue weighted by molar-refractivity contribution is 0.0523. The second-order valence-electron chi connectivity index (χ2n) is 5.31. The zero-order chi connectivity index (χ0) is 15.3. The molecule has 0 bridgehead atoms. The molecule has 1 amide bonds. The summed E-state index contributed by atoms with van der Waals surface area (Å²) in [7, 11) is 3.09. The molecule has 0 unspecified atom stereocenters. The molecule has 1 N–H and O–H groups in total. The smallest absolute Gasteiger partial charge is 0.407 e. The summed E-state index contributed by atoms with van der Waals surface area (Å²) in [6, 6.07) is 1.79. The van der Waals surface area contributed by atoms with Crippen LogP contribution >= 0.6 is 0 Å². The van der Waals surface area contributed by atoms with Gasteiger partial charge in [-0.15, -0.1) is 0 Å². The second-order valence-corrected chi connectivity index (χ2v) is 5.31. The van der Waals surface area contributed by atoms with Crippen molar-refractivity contribution in [2.75, 3.05) is 14.2 Å². The molecule has 6 nitrogen and oxygen atoms in total. The van der Waals surface area contributed by atoms with Crippen molar-refractivity contribution in [2.24, 2.45) is 0 Å². The average molecular weight is 282 g/mol. The van der Waals surface area contributed by atoms with Gasteiger partial charge in [0.15, 0.2) is 0 Å². The molecule has 112 valence electrons. The van der Waals surface area contributed by atoms with Crippen molar-refractivity contribution in [1.82, 2.24) is 10.3 Å². The standard InChI is InChI=1S/C14H22N2O4/c1-9-7-11(18-5)10(12(16-9)19-6)8-15-13(17)20-14(2,3)4/h7H,8H2,1-6H3,(H,15,17). The molecule has 0 radical (unpaired) electrons. The third kappa shape index (κ3) is 4.60. The summed E-state index contributed by atoms with van der Waals surface area (Å²) in [5.74, 6) is 1.04. The number of methoxy groups -OCH3 is 2. The van der Waals surface area contributed by atoms with E-state index in [4.69, 9.17) is 14.2 Å². The van der Waals surface area contributed by atoms with Crippen LogP contribution in [-0.4, -0.2) is 30.9 Å². The van der Waals surface area contributed by atoms with Crippen LogP contribution in [0, 0.1) is 6.92 Å². The van der Waals surface area contributed by atoms with Crippen LogP contribution in [0.15, 0.2) is 6.07 Å². The van der Waals surface area contributed by atoms with Gasteiger partial charge in [0.2, 0.25) is 5.88 Å². The van der Waals surface area contributed by atoms with E-state index in [-0.39, 0.29) is 6.54 Å². The molecular formula is C14H22N2O4. The second kappa shape index (κ2) is 6.45. The highest BCUT2D eigenvalue weighted by molar-refractivity contribution is 5.68. The lowest BCUT2D eigenvalue weighted by Crippen LogP contribution is -2.32. The van der Waals surface area contributed by atoms with Gasteiger partial charge in [0.05, 0.1) is 26.3 Å². The third-order valence-corrected chi connectivity index (χ3v) is 2.40. The number of ether oxygens (including phenoxy) is 3. The van der Waals surface area contributed by atoms with Crippen molar-refractivity contribution in [2.45, 2.75) is 39.8 Å². The Kier molecular flexibility index (Phi) is 5.19. The number of carbonyl (C=O) groups is 1. The normalized spacial score (nSPS) is 10.9. The highest BCUT2D eigenvalue weighted by Gasteiger charge is 2.18. The molecule has 0 aliphatic carbocycles. The molecule has 0 saturated carbocycles. The molecule has 6 heteroatoms. The van der Waals surface area contributed by atoms with Crippen molar-refractivity contribution >= 4 is 6.09 Å². The summed E-state index contributed by atoms with van der Waals surface area (Å²) in [5, 5.41) is 2.66. The Hall–Kier alpha value is -1.98. The number of hydrogen-bond acceptors (Lipinski definition) is 5. The first-order valence-electron chi connectivity index (χ1n) is 6.32. The lowest BCUT2D eigenvalue weighted by Gasteiger charge is -2.20. The molecule has 0 atom stereocenters. The topological polar surface area (TPSA) is 69.7 Å². The number of aromatic nitrogens is 1. The fraction of sp³-hybridized carbons (Fsp3) is 0.571.